The first-order valence-electron chi connectivity index (χ1n) is 9.34. The Labute approximate surface area is 166 Å². The molecule has 150 valence electrons. The van der Waals surface area contributed by atoms with Crippen molar-refractivity contribution < 1.29 is 23.9 Å². The van der Waals surface area contributed by atoms with Crippen molar-refractivity contribution in [3.63, 3.8) is 0 Å². The molecule has 2 fully saturated rings. The fourth-order valence-electron chi connectivity index (χ4n) is 4.04. The lowest BCUT2D eigenvalue weighted by molar-refractivity contribution is -0.145. The Balaban J connectivity index is 1.59. The number of aromatic hydroxyl groups is 1. The van der Waals surface area contributed by atoms with Gasteiger partial charge in [-0.15, -0.1) is 0 Å². The number of phenols is 1. The third-order valence-electron chi connectivity index (χ3n) is 5.45. The minimum absolute atomic E-state index is 0.0725. The van der Waals surface area contributed by atoms with Crippen LogP contribution in [0.2, 0.25) is 0 Å². The van der Waals surface area contributed by atoms with Crippen molar-refractivity contribution in [1.82, 2.24) is 15.5 Å². The summed E-state index contributed by atoms with van der Waals surface area (Å²) in [5.41, 5.74) is 1.42. The summed E-state index contributed by atoms with van der Waals surface area (Å²) in [6.07, 6.45) is 0.207. The molecule has 2 aliphatic heterocycles. The second-order valence-electron chi connectivity index (χ2n) is 7.26. The van der Waals surface area contributed by atoms with Gasteiger partial charge in [0.2, 0.25) is 17.7 Å². The van der Waals surface area contributed by atoms with E-state index in [1.54, 1.807) is 24.3 Å². The van der Waals surface area contributed by atoms with Gasteiger partial charge in [0.05, 0.1) is 18.5 Å². The van der Waals surface area contributed by atoms with Gasteiger partial charge in [-0.1, -0.05) is 24.3 Å². The van der Waals surface area contributed by atoms with Crippen molar-refractivity contribution in [2.24, 2.45) is 5.92 Å². The van der Waals surface area contributed by atoms with E-state index in [0.717, 1.165) is 5.56 Å². The smallest absolute Gasteiger partial charge is 0.243 e. The van der Waals surface area contributed by atoms with Gasteiger partial charge < -0.3 is 20.6 Å². The van der Waals surface area contributed by atoms with E-state index in [-0.39, 0.29) is 48.8 Å². The molecule has 0 radical (unpaired) electrons. The number of nitrogens with one attached hydrogen (secondary N) is 2. The van der Waals surface area contributed by atoms with Crippen LogP contribution in [0.5, 0.6) is 5.75 Å². The quantitative estimate of drug-likeness (QED) is 0.723. The van der Waals surface area contributed by atoms with E-state index >= 15 is 0 Å². The summed E-state index contributed by atoms with van der Waals surface area (Å²) in [5.74, 6) is -1.73. The lowest BCUT2D eigenvalue weighted by Crippen LogP contribution is -2.56. The number of carbonyl (C=O) groups is 3. The van der Waals surface area contributed by atoms with Crippen LogP contribution in [0.3, 0.4) is 0 Å². The van der Waals surface area contributed by atoms with Crippen molar-refractivity contribution >= 4 is 17.7 Å². The van der Waals surface area contributed by atoms with Crippen LogP contribution in [0.25, 0.3) is 0 Å². The van der Waals surface area contributed by atoms with Gasteiger partial charge in [-0.05, 0) is 41.8 Å². The second-order valence-corrected chi connectivity index (χ2v) is 7.26. The van der Waals surface area contributed by atoms with Gasteiger partial charge in [0.25, 0.3) is 0 Å². The van der Waals surface area contributed by atoms with E-state index in [0.29, 0.717) is 5.56 Å². The fourth-order valence-corrected chi connectivity index (χ4v) is 4.04. The lowest BCUT2D eigenvalue weighted by Gasteiger charge is -2.34. The molecular weight excluding hydrogens is 377 g/mol. The van der Waals surface area contributed by atoms with Crippen molar-refractivity contribution in [3.8, 4) is 5.75 Å². The molecule has 0 saturated carbocycles. The molecule has 3 atom stereocenters. The van der Waals surface area contributed by atoms with Gasteiger partial charge in [-0.3, -0.25) is 14.4 Å². The normalized spacial score (nSPS) is 23.5. The maximum Gasteiger partial charge on any atom is 0.243 e. The Bertz CT molecular complexity index is 945. The van der Waals surface area contributed by atoms with Gasteiger partial charge in [-0.25, -0.2) is 4.39 Å². The molecule has 3 amide bonds. The molecule has 0 unspecified atom stereocenters. The average Bonchev–Trinajstić information content (AvgIpc) is 3.13. The first-order valence-corrected chi connectivity index (χ1v) is 9.34. The molecule has 2 heterocycles. The summed E-state index contributed by atoms with van der Waals surface area (Å²) in [6, 6.07) is 10.8. The number of hydrogen-bond donors (Lipinski definition) is 3. The molecule has 2 saturated heterocycles. The van der Waals surface area contributed by atoms with E-state index < -0.39 is 18.0 Å². The fraction of sp³-hybridized carbons (Fsp3) is 0.286. The summed E-state index contributed by atoms with van der Waals surface area (Å²) in [5, 5.41) is 15.0. The molecule has 29 heavy (non-hydrogen) atoms. The first-order chi connectivity index (χ1) is 13.9. The molecule has 0 aromatic heterocycles. The third-order valence-corrected chi connectivity index (χ3v) is 5.45. The molecule has 0 aliphatic carbocycles. The van der Waals surface area contributed by atoms with Crippen LogP contribution < -0.4 is 10.6 Å². The molecule has 7 nitrogen and oxygen atoms in total. The van der Waals surface area contributed by atoms with Crippen LogP contribution in [0.1, 0.15) is 23.6 Å². The van der Waals surface area contributed by atoms with Gasteiger partial charge in [0, 0.05) is 6.54 Å². The summed E-state index contributed by atoms with van der Waals surface area (Å²) < 4.78 is 13.1. The highest BCUT2D eigenvalue weighted by Crippen LogP contribution is 2.42. The predicted octanol–water partition coefficient (Wildman–Crippen LogP) is 1.24. The highest BCUT2D eigenvalue weighted by atomic mass is 19.1. The molecular formula is C21H20FN3O4. The van der Waals surface area contributed by atoms with E-state index in [4.69, 9.17) is 0 Å². The average molecular weight is 397 g/mol. The summed E-state index contributed by atoms with van der Waals surface area (Å²) in [4.78, 5) is 39.3. The minimum atomic E-state index is -0.711. The molecule has 2 aromatic rings. The molecule has 0 bridgehead atoms. The van der Waals surface area contributed by atoms with Crippen molar-refractivity contribution in [1.29, 1.82) is 0 Å². The van der Waals surface area contributed by atoms with Crippen LogP contribution >= 0.6 is 0 Å². The van der Waals surface area contributed by atoms with Crippen molar-refractivity contribution in [2.75, 3.05) is 6.54 Å². The number of benzene rings is 2. The van der Waals surface area contributed by atoms with E-state index in [2.05, 4.69) is 10.6 Å². The Hall–Kier alpha value is -3.42. The van der Waals surface area contributed by atoms with Crippen LogP contribution in [-0.4, -0.2) is 40.3 Å². The zero-order valence-electron chi connectivity index (χ0n) is 15.5. The van der Waals surface area contributed by atoms with Crippen LogP contribution in [0, 0.1) is 11.7 Å². The SMILES string of the molecule is O=C(NCc1ccc(F)cc1)[C@H]1C[C@H]2C(=O)NCC(=O)N2[C@H]1c1ccc(O)cc1. The highest BCUT2D eigenvalue weighted by Gasteiger charge is 2.51. The number of piperazine rings is 1. The van der Waals surface area contributed by atoms with E-state index in [1.807, 2.05) is 0 Å². The molecule has 3 N–H and O–H groups in total. The van der Waals surface area contributed by atoms with Crippen LogP contribution in [-0.2, 0) is 20.9 Å². The molecule has 2 aliphatic rings. The second kappa shape index (κ2) is 7.54. The zero-order chi connectivity index (χ0) is 20.5. The number of nitrogens with zero attached hydrogens (tertiary/aromatic N) is 1. The van der Waals surface area contributed by atoms with Crippen LogP contribution in [0.4, 0.5) is 4.39 Å². The maximum atomic E-state index is 13.1. The largest absolute Gasteiger partial charge is 0.508 e. The van der Waals surface area contributed by atoms with Gasteiger partial charge >= 0.3 is 0 Å². The monoisotopic (exact) mass is 397 g/mol. The maximum absolute atomic E-state index is 13.1. The van der Waals surface area contributed by atoms with Gasteiger partial charge in [-0.2, -0.15) is 0 Å². The topological polar surface area (TPSA) is 98.7 Å². The number of rotatable bonds is 4. The van der Waals surface area contributed by atoms with Crippen molar-refractivity contribution in [3.05, 3.63) is 65.5 Å². The van der Waals surface area contributed by atoms with E-state index in [1.165, 1.54) is 29.2 Å². The Morgan fingerprint density at radius 2 is 1.83 bits per heavy atom. The van der Waals surface area contributed by atoms with Crippen molar-refractivity contribution in [2.45, 2.75) is 25.0 Å². The summed E-state index contributed by atoms with van der Waals surface area (Å²) in [6.45, 7) is 0.108. The number of hydrogen-bond acceptors (Lipinski definition) is 4. The van der Waals surface area contributed by atoms with Gasteiger partial charge in [0.1, 0.15) is 17.6 Å². The summed E-state index contributed by atoms with van der Waals surface area (Å²) >= 11 is 0. The number of fused-ring (bicyclic) bond motifs is 1. The predicted molar refractivity (Wildman–Crippen MR) is 101 cm³/mol. The summed E-state index contributed by atoms with van der Waals surface area (Å²) in [7, 11) is 0. The number of halogens is 1. The molecule has 4 rings (SSSR count). The Morgan fingerprint density at radius 3 is 2.52 bits per heavy atom. The molecule has 0 spiro atoms. The third kappa shape index (κ3) is 3.65. The van der Waals surface area contributed by atoms with Gasteiger partial charge in [0.15, 0.2) is 0 Å². The Kier molecular flexibility index (Phi) is 4.92. The number of amides is 3. The van der Waals surface area contributed by atoms with Crippen LogP contribution in [0.15, 0.2) is 48.5 Å². The number of phenolic OH excluding ortho intramolecular Hbond substituents is 1. The minimum Gasteiger partial charge on any atom is -0.508 e. The lowest BCUT2D eigenvalue weighted by atomic mass is 9.92. The Morgan fingerprint density at radius 1 is 1.14 bits per heavy atom. The zero-order valence-corrected chi connectivity index (χ0v) is 15.5. The first kappa shape index (κ1) is 18.9. The molecule has 8 heteroatoms. The van der Waals surface area contributed by atoms with E-state index in [9.17, 15) is 23.9 Å². The highest BCUT2D eigenvalue weighted by molar-refractivity contribution is 5.97. The number of carbonyl (C=O) groups excluding carboxylic acids is 3. The molecule has 2 aromatic carbocycles. The standard InChI is InChI=1S/C21H20FN3O4/c22-14-5-1-12(2-6-14)10-23-20(28)16-9-17-21(29)24-11-18(27)25(17)19(16)13-3-7-15(26)8-4-13/h1-8,16-17,19,26H,9-11H2,(H,23,28)(H,24,29)/t16-,17-,19-/m0/s1.